The molecule has 1 aromatic heterocycles. The van der Waals surface area contributed by atoms with Gasteiger partial charge in [-0.2, -0.15) is 0 Å². The van der Waals surface area contributed by atoms with Crippen LogP contribution in [0.1, 0.15) is 20.8 Å². The first-order valence-electron chi connectivity index (χ1n) is 7.54. The summed E-state index contributed by atoms with van der Waals surface area (Å²) in [4.78, 5) is 25.0. The number of nitrogens with one attached hydrogen (secondary N) is 1. The van der Waals surface area contributed by atoms with E-state index in [0.29, 0.717) is 11.3 Å². The molecule has 1 N–H and O–H groups in total. The summed E-state index contributed by atoms with van der Waals surface area (Å²) in [5, 5.41) is 2.79. The molecule has 140 valence electrons. The van der Waals surface area contributed by atoms with E-state index in [1.807, 2.05) is 0 Å². The Morgan fingerprint density at radius 1 is 1.12 bits per heavy atom. The van der Waals surface area contributed by atoms with Gasteiger partial charge < -0.3 is 14.8 Å². The van der Waals surface area contributed by atoms with E-state index in [4.69, 9.17) is 9.47 Å². The number of amides is 1. The molecule has 0 atom stereocenters. The minimum absolute atomic E-state index is 0.0141. The second-order valence-corrected chi connectivity index (χ2v) is 8.68. The first-order valence-corrected chi connectivity index (χ1v) is 10.0. The number of anilines is 1. The normalized spacial score (nSPS) is 11.1. The van der Waals surface area contributed by atoms with Crippen molar-refractivity contribution in [2.45, 2.75) is 18.7 Å². The zero-order valence-electron chi connectivity index (χ0n) is 14.8. The lowest BCUT2D eigenvalue weighted by atomic mass is 10.1. The molecule has 1 heterocycles. The summed E-state index contributed by atoms with van der Waals surface area (Å²) in [5.74, 6) is -1.54. The highest BCUT2D eigenvalue weighted by molar-refractivity contribution is 7.92. The van der Waals surface area contributed by atoms with E-state index in [2.05, 4.69) is 5.32 Å². The lowest BCUT2D eigenvalue weighted by Crippen LogP contribution is -2.23. The van der Waals surface area contributed by atoms with Crippen molar-refractivity contribution in [3.05, 3.63) is 40.3 Å². The van der Waals surface area contributed by atoms with Gasteiger partial charge in [-0.3, -0.25) is 4.79 Å². The van der Waals surface area contributed by atoms with Crippen LogP contribution in [-0.4, -0.2) is 40.3 Å². The molecule has 0 spiro atoms. The molecule has 0 aliphatic rings. The van der Waals surface area contributed by atoms with Crippen LogP contribution in [0.15, 0.2) is 29.2 Å². The van der Waals surface area contributed by atoms with Crippen LogP contribution in [0.5, 0.6) is 5.75 Å². The van der Waals surface area contributed by atoms with Crippen LogP contribution >= 0.6 is 11.3 Å². The van der Waals surface area contributed by atoms with Crippen molar-refractivity contribution in [1.82, 2.24) is 0 Å². The van der Waals surface area contributed by atoms with Crippen molar-refractivity contribution >= 4 is 38.1 Å². The largest absolute Gasteiger partial charge is 0.497 e. The van der Waals surface area contributed by atoms with Gasteiger partial charge in [0, 0.05) is 4.88 Å². The summed E-state index contributed by atoms with van der Waals surface area (Å²) in [6.45, 7) is 3.54. The summed E-state index contributed by atoms with van der Waals surface area (Å²) in [7, 11) is -1.11. The predicted molar refractivity (Wildman–Crippen MR) is 98.8 cm³/mol. The molecule has 0 radical (unpaired) electrons. The molecular formula is C17H19NO6S2. The van der Waals surface area contributed by atoms with Crippen molar-refractivity contribution in [3.8, 4) is 5.75 Å². The Kier molecular flexibility index (Phi) is 6.04. The lowest BCUT2D eigenvalue weighted by Gasteiger charge is -2.08. The fraction of sp³-hybridized carbons (Fsp3) is 0.294. The fourth-order valence-electron chi connectivity index (χ4n) is 2.26. The number of hydrogen-bond donors (Lipinski definition) is 1. The van der Waals surface area contributed by atoms with Gasteiger partial charge in [0.1, 0.15) is 16.5 Å². The SMILES string of the molecule is COC(=O)c1c(NC(=O)CS(=O)(=O)c2ccc(OC)cc2)sc(C)c1C. The molecule has 0 aliphatic carbocycles. The fourth-order valence-corrected chi connectivity index (χ4v) is 4.46. The summed E-state index contributed by atoms with van der Waals surface area (Å²) in [6.07, 6.45) is 0. The smallest absolute Gasteiger partial charge is 0.341 e. The van der Waals surface area contributed by atoms with Crippen LogP contribution in [0.4, 0.5) is 5.00 Å². The van der Waals surface area contributed by atoms with Crippen LogP contribution < -0.4 is 10.1 Å². The summed E-state index contributed by atoms with van der Waals surface area (Å²) < 4.78 is 34.5. The molecule has 1 amide bonds. The minimum Gasteiger partial charge on any atom is -0.497 e. The average molecular weight is 397 g/mol. The highest BCUT2D eigenvalue weighted by atomic mass is 32.2. The van der Waals surface area contributed by atoms with Crippen LogP contribution in [-0.2, 0) is 19.4 Å². The van der Waals surface area contributed by atoms with Gasteiger partial charge in [0.15, 0.2) is 9.84 Å². The molecule has 9 heteroatoms. The minimum atomic E-state index is -3.83. The molecule has 2 rings (SSSR count). The number of aryl methyl sites for hydroxylation is 1. The summed E-state index contributed by atoms with van der Waals surface area (Å²) in [5.41, 5.74) is 0.931. The highest BCUT2D eigenvalue weighted by Crippen LogP contribution is 2.33. The van der Waals surface area contributed by atoms with Gasteiger partial charge >= 0.3 is 5.97 Å². The molecule has 0 bridgehead atoms. The van der Waals surface area contributed by atoms with E-state index >= 15 is 0 Å². The monoisotopic (exact) mass is 397 g/mol. The number of rotatable bonds is 6. The zero-order chi connectivity index (χ0) is 19.5. The number of benzene rings is 1. The number of sulfone groups is 1. The van der Waals surface area contributed by atoms with E-state index in [0.717, 1.165) is 4.88 Å². The van der Waals surface area contributed by atoms with Crippen molar-refractivity contribution in [2.75, 3.05) is 25.3 Å². The number of methoxy groups -OCH3 is 2. The molecule has 0 saturated heterocycles. The predicted octanol–water partition coefficient (Wildman–Crippen LogP) is 2.57. The maximum Gasteiger partial charge on any atom is 0.341 e. The Balaban J connectivity index is 2.20. The molecule has 1 aromatic carbocycles. The number of hydrogen-bond acceptors (Lipinski definition) is 7. The van der Waals surface area contributed by atoms with Crippen LogP contribution in [0, 0.1) is 13.8 Å². The number of carbonyl (C=O) groups excluding carboxylic acids is 2. The maximum atomic E-state index is 12.4. The summed E-state index contributed by atoms with van der Waals surface area (Å²) >= 11 is 1.20. The topological polar surface area (TPSA) is 98.8 Å². The Bertz CT molecular complexity index is 929. The van der Waals surface area contributed by atoms with Crippen molar-refractivity contribution < 1.29 is 27.5 Å². The van der Waals surface area contributed by atoms with E-state index in [1.165, 1.54) is 49.8 Å². The van der Waals surface area contributed by atoms with Gasteiger partial charge in [-0.15, -0.1) is 11.3 Å². The second kappa shape index (κ2) is 7.88. The lowest BCUT2D eigenvalue weighted by molar-refractivity contribution is -0.113. The second-order valence-electron chi connectivity index (χ2n) is 5.46. The number of esters is 1. The molecule has 0 fully saturated rings. The van der Waals surface area contributed by atoms with Crippen molar-refractivity contribution in [2.24, 2.45) is 0 Å². The van der Waals surface area contributed by atoms with E-state index in [-0.39, 0.29) is 15.5 Å². The van der Waals surface area contributed by atoms with Crippen LogP contribution in [0.2, 0.25) is 0 Å². The van der Waals surface area contributed by atoms with Gasteiger partial charge in [0.25, 0.3) is 0 Å². The molecule has 0 aliphatic heterocycles. The summed E-state index contributed by atoms with van der Waals surface area (Å²) in [6, 6.07) is 5.76. The first kappa shape index (κ1) is 19.9. The molecule has 7 nitrogen and oxygen atoms in total. The third-order valence-electron chi connectivity index (χ3n) is 3.77. The van der Waals surface area contributed by atoms with E-state index in [9.17, 15) is 18.0 Å². The quantitative estimate of drug-likeness (QED) is 0.752. The van der Waals surface area contributed by atoms with Crippen molar-refractivity contribution in [1.29, 1.82) is 0 Å². The molecule has 26 heavy (non-hydrogen) atoms. The Hall–Kier alpha value is -2.39. The molecule has 0 saturated carbocycles. The molecular weight excluding hydrogens is 378 g/mol. The van der Waals surface area contributed by atoms with Crippen LogP contribution in [0.3, 0.4) is 0 Å². The maximum absolute atomic E-state index is 12.4. The first-order chi connectivity index (χ1) is 12.2. The Morgan fingerprint density at radius 2 is 1.73 bits per heavy atom. The van der Waals surface area contributed by atoms with Gasteiger partial charge in [0.2, 0.25) is 5.91 Å². The van der Waals surface area contributed by atoms with Crippen LogP contribution in [0.25, 0.3) is 0 Å². The average Bonchev–Trinajstić information content (AvgIpc) is 2.87. The third-order valence-corrected chi connectivity index (χ3v) is 6.52. The number of carbonyl (C=O) groups is 2. The standard InChI is InChI=1S/C17H19NO6S2/c1-10-11(2)25-16(15(10)17(20)24-4)18-14(19)9-26(21,22)13-7-5-12(23-3)6-8-13/h5-8H,9H2,1-4H3,(H,18,19). The van der Waals surface area contributed by atoms with E-state index < -0.39 is 27.5 Å². The number of thiophene rings is 1. The van der Waals surface area contributed by atoms with Gasteiger partial charge in [0.05, 0.1) is 24.7 Å². The molecule has 2 aromatic rings. The highest BCUT2D eigenvalue weighted by Gasteiger charge is 2.24. The van der Waals surface area contributed by atoms with E-state index in [1.54, 1.807) is 13.8 Å². The molecule has 0 unspecified atom stereocenters. The zero-order valence-corrected chi connectivity index (χ0v) is 16.4. The van der Waals surface area contributed by atoms with Crippen molar-refractivity contribution in [3.63, 3.8) is 0 Å². The van der Waals surface area contributed by atoms with Gasteiger partial charge in [-0.1, -0.05) is 0 Å². The third kappa shape index (κ3) is 4.23. The van der Waals surface area contributed by atoms with Gasteiger partial charge in [-0.25, -0.2) is 13.2 Å². The Morgan fingerprint density at radius 3 is 2.27 bits per heavy atom. The van der Waals surface area contributed by atoms with Gasteiger partial charge in [-0.05, 0) is 43.7 Å². The Labute approximate surface area is 155 Å². The number of ether oxygens (including phenoxy) is 2.